The first kappa shape index (κ1) is 15.3. The summed E-state index contributed by atoms with van der Waals surface area (Å²) in [5.74, 6) is 0. The zero-order valence-corrected chi connectivity index (χ0v) is 13.0. The van der Waals surface area contributed by atoms with Gasteiger partial charge < -0.3 is 10.1 Å². The normalized spacial score (nSPS) is 13.2. The Kier molecular flexibility index (Phi) is 5.05. The van der Waals surface area contributed by atoms with Crippen molar-refractivity contribution in [2.45, 2.75) is 52.7 Å². The van der Waals surface area contributed by atoms with E-state index in [0.29, 0.717) is 0 Å². The lowest BCUT2D eigenvalue weighted by Crippen LogP contribution is -2.38. The van der Waals surface area contributed by atoms with E-state index in [0.717, 1.165) is 10.8 Å². The third-order valence-corrected chi connectivity index (χ3v) is 3.63. The Labute approximate surface area is 117 Å². The molecule has 0 aliphatic rings. The molecule has 1 rings (SSSR count). The van der Waals surface area contributed by atoms with Crippen LogP contribution in [0.15, 0.2) is 6.07 Å². The van der Waals surface area contributed by atoms with Crippen LogP contribution in [0.1, 0.15) is 38.1 Å². The minimum Gasteiger partial charge on any atom is -0.444 e. The van der Waals surface area contributed by atoms with Gasteiger partial charge in [-0.3, -0.25) is 0 Å². The van der Waals surface area contributed by atoms with E-state index in [1.807, 2.05) is 40.7 Å². The van der Waals surface area contributed by atoms with Gasteiger partial charge in [-0.25, -0.2) is 4.79 Å². The average Bonchev–Trinajstić information content (AvgIpc) is 2.40. The van der Waals surface area contributed by atoms with Gasteiger partial charge in [-0.2, -0.15) is 0 Å². The second-order valence-electron chi connectivity index (χ2n) is 5.41. The Morgan fingerprint density at radius 1 is 1.56 bits per heavy atom. The number of amides is 1. The van der Waals surface area contributed by atoms with Gasteiger partial charge in [0, 0.05) is 17.3 Å². The van der Waals surface area contributed by atoms with Crippen LogP contribution in [0.2, 0.25) is 4.34 Å². The van der Waals surface area contributed by atoms with Crippen LogP contribution in [0, 0.1) is 6.92 Å². The first-order chi connectivity index (χ1) is 8.17. The summed E-state index contributed by atoms with van der Waals surface area (Å²) < 4.78 is 5.99. The van der Waals surface area contributed by atoms with Crippen LogP contribution in [-0.2, 0) is 11.2 Å². The molecular weight excluding hydrogens is 270 g/mol. The Morgan fingerprint density at radius 3 is 2.61 bits per heavy atom. The van der Waals surface area contributed by atoms with Gasteiger partial charge in [0.15, 0.2) is 0 Å². The second-order valence-corrected chi connectivity index (χ2v) is 7.18. The zero-order valence-electron chi connectivity index (χ0n) is 11.5. The number of thiophene rings is 1. The highest BCUT2D eigenvalue weighted by atomic mass is 35.5. The van der Waals surface area contributed by atoms with Crippen molar-refractivity contribution in [3.63, 3.8) is 0 Å². The Hall–Kier alpha value is -0.740. The molecule has 1 aromatic heterocycles. The first-order valence-electron chi connectivity index (χ1n) is 5.91. The molecule has 1 amide bonds. The third kappa shape index (κ3) is 5.27. The summed E-state index contributed by atoms with van der Waals surface area (Å²) in [4.78, 5) is 12.8. The van der Waals surface area contributed by atoms with Crippen LogP contribution in [0.25, 0.3) is 0 Å². The predicted molar refractivity (Wildman–Crippen MR) is 76.6 cm³/mol. The van der Waals surface area contributed by atoms with Crippen LogP contribution in [0.3, 0.4) is 0 Å². The largest absolute Gasteiger partial charge is 0.444 e. The summed E-state index contributed by atoms with van der Waals surface area (Å²) in [7, 11) is 0. The molecule has 3 nitrogen and oxygen atoms in total. The fourth-order valence-electron chi connectivity index (χ4n) is 1.52. The third-order valence-electron chi connectivity index (χ3n) is 2.25. The Bertz CT molecular complexity index is 423. The van der Waals surface area contributed by atoms with Gasteiger partial charge >= 0.3 is 6.09 Å². The van der Waals surface area contributed by atoms with Crippen LogP contribution in [-0.4, -0.2) is 17.7 Å². The number of halogens is 1. The van der Waals surface area contributed by atoms with Gasteiger partial charge in [-0.1, -0.05) is 11.6 Å². The van der Waals surface area contributed by atoms with Crippen molar-refractivity contribution in [3.05, 3.63) is 20.8 Å². The number of aryl methyl sites for hydroxylation is 1. The molecule has 102 valence electrons. The van der Waals surface area contributed by atoms with Crippen molar-refractivity contribution in [3.8, 4) is 0 Å². The van der Waals surface area contributed by atoms with E-state index in [2.05, 4.69) is 5.32 Å². The predicted octanol–water partition coefficient (Wildman–Crippen LogP) is 4.17. The first-order valence-corrected chi connectivity index (χ1v) is 7.11. The van der Waals surface area contributed by atoms with Crippen molar-refractivity contribution in [1.29, 1.82) is 0 Å². The standard InChI is InChI=1S/C13H20ClNO2S/c1-8-6-11(14)18-10(8)7-9(2)15-12(16)17-13(3,4)5/h6,9H,7H2,1-5H3,(H,15,16)/t9-/m0/s1. The van der Waals surface area contributed by atoms with Crippen LogP contribution in [0.4, 0.5) is 4.79 Å². The van der Waals surface area contributed by atoms with Crippen LogP contribution in [0.5, 0.6) is 0 Å². The van der Waals surface area contributed by atoms with Gasteiger partial charge in [-0.15, -0.1) is 11.3 Å². The average molecular weight is 290 g/mol. The molecule has 0 aliphatic carbocycles. The summed E-state index contributed by atoms with van der Waals surface area (Å²) >= 11 is 7.50. The van der Waals surface area contributed by atoms with Crippen molar-refractivity contribution >= 4 is 29.0 Å². The van der Waals surface area contributed by atoms with E-state index in [9.17, 15) is 4.79 Å². The Balaban J connectivity index is 2.49. The molecule has 5 heteroatoms. The van der Waals surface area contributed by atoms with Gasteiger partial charge in [0.1, 0.15) is 5.60 Å². The molecule has 1 heterocycles. The molecule has 0 aromatic carbocycles. The fourth-order valence-corrected chi connectivity index (χ4v) is 2.99. The minimum atomic E-state index is -0.466. The quantitative estimate of drug-likeness (QED) is 0.907. The number of ether oxygens (including phenoxy) is 1. The topological polar surface area (TPSA) is 38.3 Å². The van der Waals surface area contributed by atoms with Crippen molar-refractivity contribution in [2.24, 2.45) is 0 Å². The summed E-state index contributed by atoms with van der Waals surface area (Å²) in [5.41, 5.74) is 0.703. The highest BCUT2D eigenvalue weighted by Gasteiger charge is 2.18. The van der Waals surface area contributed by atoms with Gasteiger partial charge in [0.05, 0.1) is 4.34 Å². The molecular formula is C13H20ClNO2S. The van der Waals surface area contributed by atoms with E-state index in [4.69, 9.17) is 16.3 Å². The maximum Gasteiger partial charge on any atom is 0.407 e. The van der Waals surface area contributed by atoms with Crippen molar-refractivity contribution < 1.29 is 9.53 Å². The number of carbonyl (C=O) groups is 1. The van der Waals surface area contributed by atoms with E-state index >= 15 is 0 Å². The lowest BCUT2D eigenvalue weighted by molar-refractivity contribution is 0.0508. The van der Waals surface area contributed by atoms with E-state index in [1.54, 1.807) is 11.3 Å². The summed E-state index contributed by atoms with van der Waals surface area (Å²) in [6.45, 7) is 9.52. The van der Waals surface area contributed by atoms with Gasteiger partial charge in [-0.05, 0) is 46.2 Å². The van der Waals surface area contributed by atoms with Gasteiger partial charge in [0.2, 0.25) is 0 Å². The maximum atomic E-state index is 11.6. The molecule has 18 heavy (non-hydrogen) atoms. The summed E-state index contributed by atoms with van der Waals surface area (Å²) in [6, 6.07) is 1.97. The second kappa shape index (κ2) is 5.93. The molecule has 0 spiro atoms. The number of carbonyl (C=O) groups excluding carboxylic acids is 1. The van der Waals surface area contributed by atoms with E-state index in [1.165, 1.54) is 10.4 Å². The van der Waals surface area contributed by atoms with Gasteiger partial charge in [0.25, 0.3) is 0 Å². The molecule has 0 fully saturated rings. The Morgan fingerprint density at radius 2 is 2.17 bits per heavy atom. The number of alkyl carbamates (subject to hydrolysis) is 1. The van der Waals surface area contributed by atoms with Crippen molar-refractivity contribution in [2.75, 3.05) is 0 Å². The van der Waals surface area contributed by atoms with Crippen LogP contribution >= 0.6 is 22.9 Å². The molecule has 0 aliphatic heterocycles. The molecule has 1 N–H and O–H groups in total. The molecule has 0 saturated heterocycles. The maximum absolute atomic E-state index is 11.6. The number of hydrogen-bond donors (Lipinski definition) is 1. The molecule has 0 saturated carbocycles. The number of nitrogens with one attached hydrogen (secondary N) is 1. The summed E-state index contributed by atoms with van der Waals surface area (Å²) in [5, 5.41) is 2.82. The van der Waals surface area contributed by atoms with Crippen LogP contribution < -0.4 is 5.32 Å². The molecule has 0 bridgehead atoms. The molecule has 1 aromatic rings. The lowest BCUT2D eigenvalue weighted by Gasteiger charge is -2.21. The number of rotatable bonds is 3. The fraction of sp³-hybridized carbons (Fsp3) is 0.615. The highest BCUT2D eigenvalue weighted by Crippen LogP contribution is 2.27. The highest BCUT2D eigenvalue weighted by molar-refractivity contribution is 7.16. The zero-order chi connectivity index (χ0) is 13.9. The molecule has 1 atom stereocenters. The van der Waals surface area contributed by atoms with E-state index in [-0.39, 0.29) is 12.1 Å². The summed E-state index contributed by atoms with van der Waals surface area (Å²) in [6.07, 6.45) is 0.387. The monoisotopic (exact) mass is 289 g/mol. The SMILES string of the molecule is Cc1cc(Cl)sc1C[C@H](C)NC(=O)OC(C)(C)C. The molecule has 0 radical (unpaired) electrons. The van der Waals surface area contributed by atoms with E-state index < -0.39 is 5.60 Å². The van der Waals surface area contributed by atoms with Crippen molar-refractivity contribution in [1.82, 2.24) is 5.32 Å². The smallest absolute Gasteiger partial charge is 0.407 e. The number of hydrogen-bond acceptors (Lipinski definition) is 3. The molecule has 0 unspecified atom stereocenters. The lowest BCUT2D eigenvalue weighted by atomic mass is 10.1. The minimum absolute atomic E-state index is 0.0215.